The number of carbonyl (C=O) groups is 1. The van der Waals surface area contributed by atoms with Crippen LogP contribution in [0.2, 0.25) is 5.02 Å². The first kappa shape index (κ1) is 21.0. The van der Waals surface area contributed by atoms with Gasteiger partial charge in [-0.2, -0.15) is 21.6 Å². The lowest BCUT2D eigenvalue weighted by Gasteiger charge is -2.28. The molecular formula is C16H19ClF3NO4S. The van der Waals surface area contributed by atoms with E-state index in [-0.39, 0.29) is 29.2 Å². The second kappa shape index (κ2) is 8.14. The lowest BCUT2D eigenvalue weighted by atomic mass is 9.86. The van der Waals surface area contributed by atoms with Crippen LogP contribution >= 0.6 is 11.6 Å². The summed E-state index contributed by atoms with van der Waals surface area (Å²) in [5, 5.41) is 2.65. The fraction of sp³-hybridized carbons (Fsp3) is 0.562. The van der Waals surface area contributed by atoms with Gasteiger partial charge in [0, 0.05) is 6.04 Å². The van der Waals surface area contributed by atoms with Crippen LogP contribution < -0.4 is 5.32 Å². The summed E-state index contributed by atoms with van der Waals surface area (Å²) in [6.07, 6.45) is -1.11. The van der Waals surface area contributed by atoms with Crippen LogP contribution in [0.1, 0.15) is 41.6 Å². The maximum atomic E-state index is 12.8. The van der Waals surface area contributed by atoms with Crippen LogP contribution in [-0.4, -0.2) is 33.2 Å². The van der Waals surface area contributed by atoms with Crippen molar-refractivity contribution in [1.29, 1.82) is 0 Å². The fourth-order valence-electron chi connectivity index (χ4n) is 2.83. The van der Waals surface area contributed by atoms with Gasteiger partial charge in [0.05, 0.1) is 29.0 Å². The molecule has 10 heteroatoms. The van der Waals surface area contributed by atoms with E-state index in [1.54, 1.807) is 0 Å². The van der Waals surface area contributed by atoms with Gasteiger partial charge in [0.15, 0.2) is 0 Å². The van der Waals surface area contributed by atoms with Crippen molar-refractivity contribution in [3.63, 3.8) is 0 Å². The highest BCUT2D eigenvalue weighted by atomic mass is 35.5. The monoisotopic (exact) mass is 413 g/mol. The van der Waals surface area contributed by atoms with Crippen molar-refractivity contribution < 1.29 is 30.6 Å². The van der Waals surface area contributed by atoms with Gasteiger partial charge in [-0.05, 0) is 49.8 Å². The number of hydrogen-bond donors (Lipinski definition) is 1. The summed E-state index contributed by atoms with van der Waals surface area (Å²) in [6.45, 7) is 0.0962. The van der Waals surface area contributed by atoms with Gasteiger partial charge in [-0.1, -0.05) is 11.6 Å². The molecule has 1 aromatic carbocycles. The highest BCUT2D eigenvalue weighted by Gasteiger charge is 2.32. The van der Waals surface area contributed by atoms with Crippen LogP contribution in [0.15, 0.2) is 18.2 Å². The van der Waals surface area contributed by atoms with Crippen LogP contribution in [-0.2, 0) is 20.5 Å². The van der Waals surface area contributed by atoms with E-state index in [4.69, 9.17) is 15.8 Å². The van der Waals surface area contributed by atoms with E-state index in [9.17, 15) is 26.4 Å². The standard InChI is InChI=1S/C16H19ClF3NO4S/c1-26(23,24)25-9-10-2-5-12(6-3-10)21-15(22)13-8-11(16(18,19)20)4-7-14(13)17/h4,7-8,10,12H,2-3,5-6,9H2,1H3,(H,21,22). The third-order valence-electron chi connectivity index (χ3n) is 4.24. The van der Waals surface area contributed by atoms with Gasteiger partial charge in [0.2, 0.25) is 0 Å². The van der Waals surface area contributed by atoms with Crippen LogP contribution in [0.4, 0.5) is 13.2 Å². The van der Waals surface area contributed by atoms with Gasteiger partial charge < -0.3 is 5.32 Å². The van der Waals surface area contributed by atoms with Gasteiger partial charge in [-0.3, -0.25) is 8.98 Å². The van der Waals surface area contributed by atoms with Gasteiger partial charge in [0.25, 0.3) is 16.0 Å². The highest BCUT2D eigenvalue weighted by molar-refractivity contribution is 7.85. The Morgan fingerprint density at radius 3 is 2.42 bits per heavy atom. The van der Waals surface area contributed by atoms with Crippen molar-refractivity contribution in [2.24, 2.45) is 5.92 Å². The number of amides is 1. The van der Waals surface area contributed by atoms with Crippen molar-refractivity contribution in [2.75, 3.05) is 12.9 Å². The number of nitrogens with one attached hydrogen (secondary N) is 1. The average Bonchev–Trinajstić information content (AvgIpc) is 2.52. The molecule has 0 radical (unpaired) electrons. The molecule has 26 heavy (non-hydrogen) atoms. The smallest absolute Gasteiger partial charge is 0.349 e. The SMILES string of the molecule is CS(=O)(=O)OCC1CCC(NC(=O)c2cc(C(F)(F)F)ccc2Cl)CC1. The van der Waals surface area contributed by atoms with Crippen molar-refractivity contribution in [2.45, 2.75) is 37.9 Å². The van der Waals surface area contributed by atoms with Crippen LogP contribution in [0.25, 0.3) is 0 Å². The first-order valence-corrected chi connectivity index (χ1v) is 10.2. The average molecular weight is 414 g/mol. The van der Waals surface area contributed by atoms with E-state index in [2.05, 4.69) is 5.32 Å². The molecule has 0 aromatic heterocycles. The Balaban J connectivity index is 1.93. The molecule has 146 valence electrons. The van der Waals surface area contributed by atoms with Crippen molar-refractivity contribution >= 4 is 27.6 Å². The molecule has 1 saturated carbocycles. The van der Waals surface area contributed by atoms with E-state index >= 15 is 0 Å². The molecule has 5 nitrogen and oxygen atoms in total. The molecule has 1 aliphatic carbocycles. The third kappa shape index (κ3) is 6.14. The Morgan fingerprint density at radius 1 is 1.27 bits per heavy atom. The quantitative estimate of drug-likeness (QED) is 0.748. The predicted octanol–water partition coefficient (Wildman–Crippen LogP) is 3.62. The molecule has 1 aliphatic rings. The Hall–Kier alpha value is -1.32. The zero-order valence-corrected chi connectivity index (χ0v) is 15.5. The minimum atomic E-state index is -4.56. The lowest BCUT2D eigenvalue weighted by Crippen LogP contribution is -2.38. The molecule has 1 fully saturated rings. The number of rotatable bonds is 5. The Kier molecular flexibility index (Phi) is 6.57. The van der Waals surface area contributed by atoms with E-state index in [0.29, 0.717) is 25.7 Å². The number of halogens is 4. The zero-order valence-electron chi connectivity index (χ0n) is 14.0. The van der Waals surface area contributed by atoms with Crippen LogP contribution in [0.5, 0.6) is 0 Å². The fourth-order valence-corrected chi connectivity index (χ4v) is 3.48. The number of alkyl halides is 3. The number of hydrogen-bond acceptors (Lipinski definition) is 4. The van der Waals surface area contributed by atoms with Crippen molar-refractivity contribution in [3.8, 4) is 0 Å². The Morgan fingerprint density at radius 2 is 1.88 bits per heavy atom. The third-order valence-corrected chi connectivity index (χ3v) is 5.13. The first-order valence-electron chi connectivity index (χ1n) is 7.97. The minimum Gasteiger partial charge on any atom is -0.349 e. The molecule has 0 spiro atoms. The Bertz CT molecular complexity index is 759. The summed E-state index contributed by atoms with van der Waals surface area (Å²) in [7, 11) is -3.49. The topological polar surface area (TPSA) is 72.5 Å². The molecule has 2 rings (SSSR count). The van der Waals surface area contributed by atoms with E-state index in [1.165, 1.54) is 0 Å². The molecule has 0 bridgehead atoms. The van der Waals surface area contributed by atoms with E-state index < -0.39 is 27.8 Å². The first-order chi connectivity index (χ1) is 12.0. The second-order valence-electron chi connectivity index (χ2n) is 6.37. The maximum Gasteiger partial charge on any atom is 0.416 e. The summed E-state index contributed by atoms with van der Waals surface area (Å²) in [4.78, 5) is 12.3. The van der Waals surface area contributed by atoms with Crippen LogP contribution in [0, 0.1) is 5.92 Å². The molecule has 1 amide bonds. The van der Waals surface area contributed by atoms with Gasteiger partial charge in [-0.25, -0.2) is 0 Å². The molecule has 0 unspecified atom stereocenters. The molecule has 1 aromatic rings. The highest BCUT2D eigenvalue weighted by Crippen LogP contribution is 2.32. The number of carbonyl (C=O) groups excluding carboxylic acids is 1. The van der Waals surface area contributed by atoms with Gasteiger partial charge in [-0.15, -0.1) is 0 Å². The molecule has 0 saturated heterocycles. The molecule has 0 atom stereocenters. The summed E-state index contributed by atoms with van der Waals surface area (Å²) in [5.74, 6) is -0.591. The zero-order chi connectivity index (χ0) is 19.5. The van der Waals surface area contributed by atoms with Gasteiger partial charge in [0.1, 0.15) is 0 Å². The summed E-state index contributed by atoms with van der Waals surface area (Å²) in [5.41, 5.74) is -1.15. The molecule has 0 aliphatic heterocycles. The minimum absolute atomic E-state index is 0.0502. The predicted molar refractivity (Wildman–Crippen MR) is 90.5 cm³/mol. The summed E-state index contributed by atoms with van der Waals surface area (Å²) in [6, 6.07) is 2.41. The molecule has 0 heterocycles. The summed E-state index contributed by atoms with van der Waals surface area (Å²) >= 11 is 5.86. The van der Waals surface area contributed by atoms with E-state index in [1.807, 2.05) is 0 Å². The maximum absolute atomic E-state index is 12.8. The second-order valence-corrected chi connectivity index (χ2v) is 8.42. The summed E-state index contributed by atoms with van der Waals surface area (Å²) < 4.78 is 65.1. The molecular weight excluding hydrogens is 395 g/mol. The lowest BCUT2D eigenvalue weighted by molar-refractivity contribution is -0.137. The molecule has 1 N–H and O–H groups in total. The largest absolute Gasteiger partial charge is 0.416 e. The Labute approximate surface area is 155 Å². The number of benzene rings is 1. The normalized spacial score (nSPS) is 21.4. The van der Waals surface area contributed by atoms with Crippen LogP contribution in [0.3, 0.4) is 0 Å². The van der Waals surface area contributed by atoms with Gasteiger partial charge >= 0.3 is 6.18 Å². The van der Waals surface area contributed by atoms with Crippen molar-refractivity contribution in [1.82, 2.24) is 5.32 Å². The van der Waals surface area contributed by atoms with Crippen molar-refractivity contribution in [3.05, 3.63) is 34.3 Å². The van der Waals surface area contributed by atoms with E-state index in [0.717, 1.165) is 24.5 Å².